The van der Waals surface area contributed by atoms with Gasteiger partial charge in [0.2, 0.25) is 0 Å². The Morgan fingerprint density at radius 3 is 2.38 bits per heavy atom. The van der Waals surface area contributed by atoms with Crippen LogP contribution in [0.5, 0.6) is 0 Å². The van der Waals surface area contributed by atoms with Crippen molar-refractivity contribution in [3.8, 4) is 0 Å². The maximum absolute atomic E-state index is 11.5. The average molecular weight is 351 g/mol. The van der Waals surface area contributed by atoms with E-state index in [1.165, 1.54) is 23.1 Å². The van der Waals surface area contributed by atoms with E-state index in [2.05, 4.69) is 63.3 Å². The second kappa shape index (κ2) is 9.96. The molecular weight excluding hydrogens is 320 g/mol. The number of hydrogen-bond donors (Lipinski definition) is 1. The standard InChI is InChI=1S/C24H30O2/c1-4-8-20-11-13-21(14-12-20)10-7-6-9-18(3)23-17-19(5-2)15-16-22(23)24(25)26/h7,10-18H,4-6,8-9H2,1-3H3,(H,25,26). The third-order valence-electron chi connectivity index (χ3n) is 4.88. The first-order valence-electron chi connectivity index (χ1n) is 9.66. The van der Waals surface area contributed by atoms with E-state index in [9.17, 15) is 9.90 Å². The highest BCUT2D eigenvalue weighted by Gasteiger charge is 2.15. The maximum Gasteiger partial charge on any atom is 0.335 e. The molecule has 0 saturated heterocycles. The average Bonchev–Trinajstić information content (AvgIpc) is 2.66. The van der Waals surface area contributed by atoms with Crippen molar-refractivity contribution in [3.05, 3.63) is 76.4 Å². The van der Waals surface area contributed by atoms with Gasteiger partial charge in [-0.15, -0.1) is 0 Å². The Morgan fingerprint density at radius 1 is 1.08 bits per heavy atom. The van der Waals surface area contributed by atoms with Gasteiger partial charge in [-0.25, -0.2) is 4.79 Å². The van der Waals surface area contributed by atoms with Gasteiger partial charge in [0.05, 0.1) is 5.56 Å². The van der Waals surface area contributed by atoms with Crippen LogP contribution in [0.1, 0.15) is 78.6 Å². The van der Waals surface area contributed by atoms with Gasteiger partial charge >= 0.3 is 5.97 Å². The molecular formula is C24H30O2. The number of hydrogen-bond acceptors (Lipinski definition) is 1. The highest BCUT2D eigenvalue weighted by molar-refractivity contribution is 5.89. The van der Waals surface area contributed by atoms with Crippen LogP contribution in [0.25, 0.3) is 6.08 Å². The first-order chi connectivity index (χ1) is 12.5. The minimum Gasteiger partial charge on any atom is -0.478 e. The molecule has 0 saturated carbocycles. The van der Waals surface area contributed by atoms with Crippen molar-refractivity contribution in [2.75, 3.05) is 0 Å². The van der Waals surface area contributed by atoms with Crippen LogP contribution in [-0.2, 0) is 12.8 Å². The molecule has 2 heteroatoms. The van der Waals surface area contributed by atoms with Crippen molar-refractivity contribution in [3.63, 3.8) is 0 Å². The Morgan fingerprint density at radius 2 is 1.77 bits per heavy atom. The lowest BCUT2D eigenvalue weighted by atomic mass is 9.90. The summed E-state index contributed by atoms with van der Waals surface area (Å²) in [4.78, 5) is 11.5. The van der Waals surface area contributed by atoms with Crippen LogP contribution in [0.4, 0.5) is 0 Å². The van der Waals surface area contributed by atoms with Gasteiger partial charge in [-0.3, -0.25) is 0 Å². The molecule has 0 bridgehead atoms. The first-order valence-corrected chi connectivity index (χ1v) is 9.66. The number of allylic oxidation sites excluding steroid dienone is 1. The molecule has 0 heterocycles. The SMILES string of the molecule is CCCc1ccc(C=CCCC(C)c2cc(CC)ccc2C(=O)O)cc1. The fourth-order valence-electron chi connectivity index (χ4n) is 3.24. The van der Waals surface area contributed by atoms with Crippen molar-refractivity contribution in [1.82, 2.24) is 0 Å². The summed E-state index contributed by atoms with van der Waals surface area (Å²) in [6.45, 7) is 6.41. The van der Waals surface area contributed by atoms with Gasteiger partial charge in [-0.05, 0) is 59.9 Å². The van der Waals surface area contributed by atoms with Gasteiger partial charge in [0.15, 0.2) is 0 Å². The smallest absolute Gasteiger partial charge is 0.335 e. The zero-order valence-corrected chi connectivity index (χ0v) is 16.2. The quantitative estimate of drug-likeness (QED) is 0.560. The monoisotopic (exact) mass is 350 g/mol. The highest BCUT2D eigenvalue weighted by atomic mass is 16.4. The number of carboxylic acids is 1. The van der Waals surface area contributed by atoms with E-state index >= 15 is 0 Å². The van der Waals surface area contributed by atoms with Crippen LogP contribution in [-0.4, -0.2) is 11.1 Å². The Bertz CT molecular complexity index is 741. The lowest BCUT2D eigenvalue weighted by Gasteiger charge is -2.15. The molecule has 1 N–H and O–H groups in total. The fraction of sp³-hybridized carbons (Fsp3) is 0.375. The zero-order valence-electron chi connectivity index (χ0n) is 16.2. The summed E-state index contributed by atoms with van der Waals surface area (Å²) in [6, 6.07) is 14.4. The normalized spacial score (nSPS) is 12.4. The van der Waals surface area contributed by atoms with Crippen molar-refractivity contribution in [1.29, 1.82) is 0 Å². The van der Waals surface area contributed by atoms with Gasteiger partial charge in [-0.1, -0.05) is 75.7 Å². The Kier molecular flexibility index (Phi) is 7.65. The van der Waals surface area contributed by atoms with Gasteiger partial charge in [0, 0.05) is 0 Å². The summed E-state index contributed by atoms with van der Waals surface area (Å²) in [5, 5.41) is 9.44. The topological polar surface area (TPSA) is 37.3 Å². The van der Waals surface area contributed by atoms with E-state index in [4.69, 9.17) is 0 Å². The predicted octanol–water partition coefficient (Wildman–Crippen LogP) is 6.50. The van der Waals surface area contributed by atoms with E-state index in [0.29, 0.717) is 5.56 Å². The fourth-order valence-corrected chi connectivity index (χ4v) is 3.24. The van der Waals surface area contributed by atoms with Crippen molar-refractivity contribution >= 4 is 12.0 Å². The molecule has 0 fully saturated rings. The maximum atomic E-state index is 11.5. The molecule has 2 rings (SSSR count). The van der Waals surface area contributed by atoms with Crippen LogP contribution >= 0.6 is 0 Å². The van der Waals surface area contributed by atoms with Crippen LogP contribution < -0.4 is 0 Å². The van der Waals surface area contributed by atoms with Crippen LogP contribution in [0.3, 0.4) is 0 Å². The van der Waals surface area contributed by atoms with Gasteiger partial charge < -0.3 is 5.11 Å². The largest absolute Gasteiger partial charge is 0.478 e. The van der Waals surface area contributed by atoms with Crippen molar-refractivity contribution in [2.24, 2.45) is 0 Å². The lowest BCUT2D eigenvalue weighted by Crippen LogP contribution is -2.06. The molecule has 1 atom stereocenters. The van der Waals surface area contributed by atoms with E-state index in [1.54, 1.807) is 6.07 Å². The second-order valence-electron chi connectivity index (χ2n) is 6.95. The predicted molar refractivity (Wildman–Crippen MR) is 110 cm³/mol. The molecule has 0 aliphatic heterocycles. The van der Waals surface area contributed by atoms with Gasteiger partial charge in [0.1, 0.15) is 0 Å². The van der Waals surface area contributed by atoms with Crippen LogP contribution in [0.15, 0.2) is 48.5 Å². The molecule has 2 aromatic rings. The zero-order chi connectivity index (χ0) is 18.9. The first kappa shape index (κ1) is 20.0. The van der Waals surface area contributed by atoms with Crippen LogP contribution in [0, 0.1) is 0 Å². The minimum absolute atomic E-state index is 0.226. The number of benzene rings is 2. The highest BCUT2D eigenvalue weighted by Crippen LogP contribution is 2.26. The molecule has 1 unspecified atom stereocenters. The molecule has 138 valence electrons. The number of aromatic carboxylic acids is 1. The Labute approximate surface area is 157 Å². The molecule has 0 aromatic heterocycles. The number of carboxylic acid groups (broad SMARTS) is 1. The van der Waals surface area contributed by atoms with E-state index in [0.717, 1.165) is 31.2 Å². The third-order valence-corrected chi connectivity index (χ3v) is 4.88. The number of carbonyl (C=O) groups is 1. The molecule has 26 heavy (non-hydrogen) atoms. The Hall–Kier alpha value is -2.35. The second-order valence-corrected chi connectivity index (χ2v) is 6.95. The van der Waals surface area contributed by atoms with E-state index in [1.807, 2.05) is 6.07 Å². The number of aryl methyl sites for hydroxylation is 2. The van der Waals surface area contributed by atoms with Crippen molar-refractivity contribution < 1.29 is 9.90 Å². The molecule has 2 aromatic carbocycles. The van der Waals surface area contributed by atoms with E-state index < -0.39 is 5.97 Å². The third kappa shape index (κ3) is 5.59. The van der Waals surface area contributed by atoms with Gasteiger partial charge in [0.25, 0.3) is 0 Å². The summed E-state index contributed by atoms with van der Waals surface area (Å²) in [5.41, 5.74) is 5.19. The number of rotatable bonds is 9. The molecule has 0 aliphatic rings. The van der Waals surface area contributed by atoms with Crippen LogP contribution in [0.2, 0.25) is 0 Å². The Balaban J connectivity index is 1.97. The summed E-state index contributed by atoms with van der Waals surface area (Å²) >= 11 is 0. The summed E-state index contributed by atoms with van der Waals surface area (Å²) in [6.07, 6.45) is 9.45. The summed E-state index contributed by atoms with van der Waals surface area (Å²) < 4.78 is 0. The molecule has 0 aliphatic carbocycles. The molecule has 0 amide bonds. The molecule has 0 radical (unpaired) electrons. The van der Waals surface area contributed by atoms with E-state index in [-0.39, 0.29) is 5.92 Å². The van der Waals surface area contributed by atoms with Crippen molar-refractivity contribution in [2.45, 2.75) is 58.8 Å². The minimum atomic E-state index is -0.836. The molecule has 2 nitrogen and oxygen atoms in total. The van der Waals surface area contributed by atoms with Gasteiger partial charge in [-0.2, -0.15) is 0 Å². The summed E-state index contributed by atoms with van der Waals surface area (Å²) in [7, 11) is 0. The summed E-state index contributed by atoms with van der Waals surface area (Å²) in [5.74, 6) is -0.610. The lowest BCUT2D eigenvalue weighted by molar-refractivity contribution is 0.0695. The molecule has 0 spiro atoms.